The molecule has 0 fully saturated rings. The zero-order chi connectivity index (χ0) is 14.1. The number of carbonyl (C=O) groups excluding carboxylic acids is 1. The Balaban J connectivity index is 2.04. The maximum Gasteiger partial charge on any atom is 0.330 e. The standard InChI is InChI=1S/C14H14FN3O2/c1-20-14(19)11-7-4-8-12-16-13(17-18(11)12)9-5-2-3-6-10(9)15/h2-3,5-6,11H,4,7-8H2,1H3. The largest absolute Gasteiger partial charge is 0.467 e. The molecule has 6 heteroatoms. The van der Waals surface area contributed by atoms with Crippen LogP contribution in [-0.4, -0.2) is 27.8 Å². The number of benzene rings is 1. The van der Waals surface area contributed by atoms with E-state index >= 15 is 0 Å². The van der Waals surface area contributed by atoms with E-state index < -0.39 is 6.04 Å². The Kier molecular flexibility index (Phi) is 3.22. The SMILES string of the molecule is COC(=O)C1CCCc2nc(-c3ccccc3F)nn21. The molecular weight excluding hydrogens is 261 g/mol. The summed E-state index contributed by atoms with van der Waals surface area (Å²) in [7, 11) is 1.35. The molecule has 0 N–H and O–H groups in total. The minimum atomic E-state index is -0.461. The van der Waals surface area contributed by atoms with Crippen LogP contribution in [-0.2, 0) is 16.0 Å². The van der Waals surface area contributed by atoms with Gasteiger partial charge in [0, 0.05) is 6.42 Å². The Hall–Kier alpha value is -2.24. The molecule has 0 amide bonds. The molecule has 1 atom stereocenters. The number of ether oxygens (including phenoxy) is 1. The van der Waals surface area contributed by atoms with Crippen LogP contribution in [0.2, 0.25) is 0 Å². The van der Waals surface area contributed by atoms with Gasteiger partial charge >= 0.3 is 5.97 Å². The number of aryl methyl sites for hydroxylation is 1. The van der Waals surface area contributed by atoms with Crippen molar-refractivity contribution in [3.05, 3.63) is 35.9 Å². The average Bonchev–Trinajstić information content (AvgIpc) is 2.90. The van der Waals surface area contributed by atoms with Crippen molar-refractivity contribution >= 4 is 5.97 Å². The van der Waals surface area contributed by atoms with Crippen LogP contribution in [0.25, 0.3) is 11.4 Å². The molecule has 1 aliphatic heterocycles. The van der Waals surface area contributed by atoms with Crippen LogP contribution >= 0.6 is 0 Å². The summed E-state index contributed by atoms with van der Waals surface area (Å²) >= 11 is 0. The highest BCUT2D eigenvalue weighted by Gasteiger charge is 2.30. The number of rotatable bonds is 2. The van der Waals surface area contributed by atoms with Gasteiger partial charge < -0.3 is 4.74 Å². The lowest BCUT2D eigenvalue weighted by Gasteiger charge is -2.20. The lowest BCUT2D eigenvalue weighted by atomic mass is 10.1. The molecule has 1 unspecified atom stereocenters. The first-order chi connectivity index (χ1) is 9.70. The molecule has 2 heterocycles. The normalized spacial score (nSPS) is 17.6. The van der Waals surface area contributed by atoms with E-state index in [2.05, 4.69) is 10.1 Å². The molecule has 0 saturated carbocycles. The summed E-state index contributed by atoms with van der Waals surface area (Å²) in [6.45, 7) is 0. The second-order valence-corrected chi connectivity index (χ2v) is 4.71. The highest BCUT2D eigenvalue weighted by molar-refractivity contribution is 5.74. The Morgan fingerprint density at radius 2 is 2.25 bits per heavy atom. The molecule has 0 saturated heterocycles. The molecule has 104 valence electrons. The van der Waals surface area contributed by atoms with Crippen LogP contribution in [0.3, 0.4) is 0 Å². The molecule has 20 heavy (non-hydrogen) atoms. The van der Waals surface area contributed by atoms with E-state index in [0.717, 1.165) is 12.8 Å². The van der Waals surface area contributed by atoms with E-state index in [-0.39, 0.29) is 11.8 Å². The summed E-state index contributed by atoms with van der Waals surface area (Å²) < 4.78 is 20.1. The highest BCUT2D eigenvalue weighted by atomic mass is 19.1. The van der Waals surface area contributed by atoms with Gasteiger partial charge in [0.15, 0.2) is 11.9 Å². The van der Waals surface area contributed by atoms with Crippen molar-refractivity contribution in [2.75, 3.05) is 7.11 Å². The Labute approximate surface area is 115 Å². The fraction of sp³-hybridized carbons (Fsp3) is 0.357. The molecule has 1 aliphatic rings. The third kappa shape index (κ3) is 2.07. The smallest absolute Gasteiger partial charge is 0.330 e. The zero-order valence-electron chi connectivity index (χ0n) is 11.0. The van der Waals surface area contributed by atoms with Crippen molar-refractivity contribution in [1.82, 2.24) is 14.8 Å². The molecule has 1 aromatic heterocycles. The number of aromatic nitrogens is 3. The van der Waals surface area contributed by atoms with Crippen LogP contribution in [0, 0.1) is 5.82 Å². The monoisotopic (exact) mass is 275 g/mol. The van der Waals surface area contributed by atoms with Crippen molar-refractivity contribution in [3.63, 3.8) is 0 Å². The van der Waals surface area contributed by atoms with Crippen molar-refractivity contribution < 1.29 is 13.9 Å². The Morgan fingerprint density at radius 3 is 3.00 bits per heavy atom. The first-order valence-electron chi connectivity index (χ1n) is 6.49. The second kappa shape index (κ2) is 5.03. The molecule has 3 rings (SSSR count). The lowest BCUT2D eigenvalue weighted by Crippen LogP contribution is -2.27. The summed E-state index contributed by atoms with van der Waals surface area (Å²) in [5.74, 6) is 0.305. The van der Waals surface area contributed by atoms with E-state index in [1.165, 1.54) is 13.2 Å². The lowest BCUT2D eigenvalue weighted by molar-refractivity contribution is -0.145. The number of hydrogen-bond donors (Lipinski definition) is 0. The second-order valence-electron chi connectivity index (χ2n) is 4.71. The molecule has 5 nitrogen and oxygen atoms in total. The van der Waals surface area contributed by atoms with Crippen LogP contribution < -0.4 is 0 Å². The van der Waals surface area contributed by atoms with E-state index in [1.54, 1.807) is 22.9 Å². The van der Waals surface area contributed by atoms with Crippen molar-refractivity contribution in [2.24, 2.45) is 0 Å². The molecular formula is C14H14FN3O2. The molecule has 0 aliphatic carbocycles. The molecule has 0 bridgehead atoms. The number of nitrogens with zero attached hydrogens (tertiary/aromatic N) is 3. The predicted octanol–water partition coefficient (Wildman–Crippen LogP) is 2.13. The quantitative estimate of drug-likeness (QED) is 0.788. The number of halogens is 1. The fourth-order valence-corrected chi connectivity index (χ4v) is 2.46. The van der Waals surface area contributed by atoms with Crippen molar-refractivity contribution in [2.45, 2.75) is 25.3 Å². The Morgan fingerprint density at radius 1 is 1.45 bits per heavy atom. The van der Waals surface area contributed by atoms with Gasteiger partial charge in [0.05, 0.1) is 12.7 Å². The van der Waals surface area contributed by atoms with Gasteiger partial charge in [-0.05, 0) is 25.0 Å². The summed E-state index contributed by atoms with van der Waals surface area (Å²) in [4.78, 5) is 16.1. The average molecular weight is 275 g/mol. The number of carbonyl (C=O) groups is 1. The number of hydrogen-bond acceptors (Lipinski definition) is 4. The molecule has 0 radical (unpaired) electrons. The van der Waals surface area contributed by atoms with Gasteiger partial charge in [-0.2, -0.15) is 0 Å². The van der Waals surface area contributed by atoms with E-state index in [0.29, 0.717) is 23.6 Å². The fourth-order valence-electron chi connectivity index (χ4n) is 2.46. The number of fused-ring (bicyclic) bond motifs is 1. The van der Waals surface area contributed by atoms with Gasteiger partial charge in [-0.3, -0.25) is 0 Å². The van der Waals surface area contributed by atoms with Gasteiger partial charge in [-0.15, -0.1) is 5.10 Å². The Bertz CT molecular complexity index is 654. The molecule has 0 spiro atoms. The summed E-state index contributed by atoms with van der Waals surface area (Å²) in [6, 6.07) is 5.89. The molecule has 2 aromatic rings. The van der Waals surface area contributed by atoms with Gasteiger partial charge in [-0.25, -0.2) is 18.9 Å². The van der Waals surface area contributed by atoms with Gasteiger partial charge in [0.1, 0.15) is 11.6 Å². The minimum absolute atomic E-state index is 0.314. The van der Waals surface area contributed by atoms with Crippen LogP contribution in [0.4, 0.5) is 4.39 Å². The van der Waals surface area contributed by atoms with Crippen LogP contribution in [0.5, 0.6) is 0 Å². The number of esters is 1. The van der Waals surface area contributed by atoms with Gasteiger partial charge in [0.25, 0.3) is 0 Å². The minimum Gasteiger partial charge on any atom is -0.467 e. The summed E-state index contributed by atoms with van der Waals surface area (Å²) in [5, 5.41) is 4.30. The molecule has 1 aromatic carbocycles. The van der Waals surface area contributed by atoms with Crippen LogP contribution in [0.1, 0.15) is 24.7 Å². The third-order valence-electron chi connectivity index (χ3n) is 3.46. The first kappa shape index (κ1) is 12.8. The van der Waals surface area contributed by atoms with E-state index in [4.69, 9.17) is 4.74 Å². The summed E-state index contributed by atoms with van der Waals surface area (Å²) in [6.07, 6.45) is 2.24. The topological polar surface area (TPSA) is 57.0 Å². The van der Waals surface area contributed by atoms with Crippen molar-refractivity contribution in [3.8, 4) is 11.4 Å². The van der Waals surface area contributed by atoms with E-state index in [1.807, 2.05) is 0 Å². The van der Waals surface area contributed by atoms with Gasteiger partial charge in [-0.1, -0.05) is 12.1 Å². The third-order valence-corrected chi connectivity index (χ3v) is 3.46. The first-order valence-corrected chi connectivity index (χ1v) is 6.49. The number of methoxy groups -OCH3 is 1. The predicted molar refractivity (Wildman–Crippen MR) is 69.4 cm³/mol. The zero-order valence-corrected chi connectivity index (χ0v) is 11.0. The maximum atomic E-state index is 13.8. The van der Waals surface area contributed by atoms with Crippen molar-refractivity contribution in [1.29, 1.82) is 0 Å². The van der Waals surface area contributed by atoms with E-state index in [9.17, 15) is 9.18 Å². The van der Waals surface area contributed by atoms with Crippen LogP contribution in [0.15, 0.2) is 24.3 Å². The maximum absolute atomic E-state index is 13.8. The summed E-state index contributed by atoms with van der Waals surface area (Å²) in [5.41, 5.74) is 0.345. The highest BCUT2D eigenvalue weighted by Crippen LogP contribution is 2.27. The van der Waals surface area contributed by atoms with Gasteiger partial charge in [0.2, 0.25) is 0 Å².